The first-order chi connectivity index (χ1) is 19.3. The maximum absolute atomic E-state index is 13.3. The van der Waals surface area contributed by atoms with Gasteiger partial charge >= 0.3 is 0 Å². The van der Waals surface area contributed by atoms with Crippen LogP contribution in [-0.4, -0.2) is 50.8 Å². The Morgan fingerprint density at radius 1 is 1.07 bits per heavy atom. The Morgan fingerprint density at radius 2 is 1.78 bits per heavy atom. The molecule has 1 saturated heterocycles. The van der Waals surface area contributed by atoms with E-state index in [1.165, 1.54) is 47.7 Å². The number of hydrogen-bond donors (Lipinski definition) is 2. The van der Waals surface area contributed by atoms with Crippen molar-refractivity contribution in [1.82, 2.24) is 4.98 Å². The number of nitro benzene ring substituents is 1. The van der Waals surface area contributed by atoms with Crippen molar-refractivity contribution >= 4 is 61.4 Å². The summed E-state index contributed by atoms with van der Waals surface area (Å²) in [5, 5.41) is 17.0. The Morgan fingerprint density at radius 3 is 2.46 bits per heavy atom. The lowest BCUT2D eigenvalue weighted by Gasteiger charge is -2.26. The van der Waals surface area contributed by atoms with Crippen LogP contribution in [-0.2, 0) is 14.8 Å². The lowest BCUT2D eigenvalue weighted by atomic mass is 10.1. The monoisotopic (exact) mass is 677 g/mol. The van der Waals surface area contributed by atoms with Gasteiger partial charge < -0.3 is 26.6 Å². The summed E-state index contributed by atoms with van der Waals surface area (Å²) >= 11 is 7.35. The quantitative estimate of drug-likeness (QED) is 0.157. The molecule has 0 amide bonds. The number of hydrazone groups is 1. The van der Waals surface area contributed by atoms with Crippen molar-refractivity contribution in [2.24, 2.45) is 5.10 Å². The number of hydrogen-bond acceptors (Lipinski definition) is 10. The maximum atomic E-state index is 13.3. The van der Waals surface area contributed by atoms with Crippen LogP contribution in [0.1, 0.15) is 4.88 Å². The molecule has 0 bridgehead atoms. The lowest BCUT2D eigenvalue weighted by molar-refractivity contribution is -0.385. The number of anilines is 3. The van der Waals surface area contributed by atoms with Gasteiger partial charge in [-0.05, 0) is 30.3 Å². The van der Waals surface area contributed by atoms with Gasteiger partial charge in [0.05, 0.1) is 40.6 Å². The molecule has 4 aromatic rings. The molecule has 0 unspecified atom stereocenters. The Hall–Kier alpha value is -3.56. The zero-order chi connectivity index (χ0) is 28.1. The van der Waals surface area contributed by atoms with Crippen molar-refractivity contribution in [2.45, 2.75) is 4.90 Å². The summed E-state index contributed by atoms with van der Waals surface area (Å²) in [6, 6.07) is 19.2. The number of ether oxygens (including phenoxy) is 1. The molecule has 0 saturated carbocycles. The van der Waals surface area contributed by atoms with Gasteiger partial charge in [-0.1, -0.05) is 53.3 Å². The van der Waals surface area contributed by atoms with Gasteiger partial charge in [-0.2, -0.15) is 5.10 Å². The van der Waals surface area contributed by atoms with Gasteiger partial charge in [0.1, 0.15) is 4.90 Å². The number of aromatic nitrogens is 1. The maximum Gasteiger partial charge on any atom is 0.270 e. The van der Waals surface area contributed by atoms with Crippen molar-refractivity contribution in [3.8, 4) is 11.3 Å². The first-order valence-corrected chi connectivity index (χ1v) is 14.7. The Labute approximate surface area is 255 Å². The molecular formula is C26H23BrClN6O5S2-. The van der Waals surface area contributed by atoms with E-state index >= 15 is 0 Å². The van der Waals surface area contributed by atoms with Crippen LogP contribution in [0.5, 0.6) is 0 Å². The van der Waals surface area contributed by atoms with Crippen LogP contribution in [0.25, 0.3) is 11.3 Å². The molecule has 1 aliphatic rings. The van der Waals surface area contributed by atoms with E-state index in [4.69, 9.17) is 21.3 Å². The number of halogens is 2. The largest absolute Gasteiger partial charge is 1.00 e. The molecule has 2 heterocycles. The minimum atomic E-state index is -4.23. The van der Waals surface area contributed by atoms with Gasteiger partial charge in [0.2, 0.25) is 0 Å². The summed E-state index contributed by atoms with van der Waals surface area (Å²) in [7, 11) is -4.23. The van der Waals surface area contributed by atoms with Crippen molar-refractivity contribution in [2.75, 3.05) is 41.4 Å². The molecule has 0 atom stereocenters. The average Bonchev–Trinajstić information content (AvgIpc) is 3.39. The molecule has 11 nitrogen and oxygen atoms in total. The standard InChI is InChI=1S/C26H23ClN6O5S2.BrH/c27-19-6-8-20(9-7-19)31-40(36,37)24-16-21(33(34)35)10-11-22(24)30-28-17-23-25(18-4-2-1-3-5-18)29-26(39-23)32-12-14-38-15-13-32;/h1-11,16-17,30-31H,12-15H2;1H/p-1/b28-17+;. The number of thiazole rings is 1. The second-order valence-corrected chi connectivity index (χ2v) is 11.7. The summed E-state index contributed by atoms with van der Waals surface area (Å²) in [5.41, 5.74) is 4.32. The smallest absolute Gasteiger partial charge is 0.270 e. The lowest BCUT2D eigenvalue weighted by Crippen LogP contribution is -3.00. The number of benzene rings is 3. The van der Waals surface area contributed by atoms with Gasteiger partial charge in [-0.25, -0.2) is 13.4 Å². The van der Waals surface area contributed by atoms with Gasteiger partial charge in [0, 0.05) is 41.5 Å². The van der Waals surface area contributed by atoms with Crippen LogP contribution in [0.3, 0.4) is 0 Å². The fourth-order valence-corrected chi connectivity index (χ4v) is 6.30. The number of rotatable bonds is 9. The Bertz CT molecular complexity index is 1650. The zero-order valence-electron chi connectivity index (χ0n) is 21.2. The second kappa shape index (κ2) is 13.4. The van der Waals surface area contributed by atoms with Gasteiger partial charge in [-0.3, -0.25) is 20.3 Å². The highest BCUT2D eigenvalue weighted by Crippen LogP contribution is 2.33. The number of nitrogens with zero attached hydrogens (tertiary/aromatic N) is 4. The van der Waals surface area contributed by atoms with Crippen LogP contribution in [0, 0.1) is 10.1 Å². The number of nitro groups is 1. The molecule has 214 valence electrons. The highest BCUT2D eigenvalue weighted by Gasteiger charge is 2.23. The fraction of sp³-hybridized carbons (Fsp3) is 0.154. The number of non-ortho nitro benzene ring substituents is 1. The topological polar surface area (TPSA) is 139 Å². The molecule has 0 aliphatic carbocycles. The van der Waals surface area contributed by atoms with E-state index in [9.17, 15) is 18.5 Å². The third-order valence-electron chi connectivity index (χ3n) is 5.90. The number of sulfonamides is 1. The molecular weight excluding hydrogens is 656 g/mol. The van der Waals surface area contributed by atoms with Gasteiger partial charge in [0.25, 0.3) is 15.7 Å². The summed E-state index contributed by atoms with van der Waals surface area (Å²) in [5.74, 6) is 0. The van der Waals surface area contributed by atoms with E-state index < -0.39 is 14.9 Å². The number of nitrogens with one attached hydrogen (secondary N) is 2. The van der Waals surface area contributed by atoms with E-state index in [1.54, 1.807) is 6.21 Å². The van der Waals surface area contributed by atoms with Crippen LogP contribution in [0.15, 0.2) is 82.8 Å². The predicted molar refractivity (Wildman–Crippen MR) is 157 cm³/mol. The minimum absolute atomic E-state index is 0. The molecule has 5 rings (SSSR count). The third kappa shape index (κ3) is 7.40. The average molecular weight is 679 g/mol. The highest BCUT2D eigenvalue weighted by molar-refractivity contribution is 7.92. The first kappa shape index (κ1) is 30.4. The fourth-order valence-electron chi connectivity index (χ4n) is 3.93. The molecule has 15 heteroatoms. The Balaban J connectivity index is 0.00000387. The first-order valence-electron chi connectivity index (χ1n) is 12.0. The third-order valence-corrected chi connectivity index (χ3v) is 8.62. The van der Waals surface area contributed by atoms with Crippen molar-refractivity contribution in [3.63, 3.8) is 0 Å². The molecule has 41 heavy (non-hydrogen) atoms. The van der Waals surface area contributed by atoms with Crippen LogP contribution < -0.4 is 32.0 Å². The highest BCUT2D eigenvalue weighted by atomic mass is 79.9. The predicted octanol–water partition coefficient (Wildman–Crippen LogP) is 2.46. The number of morpholine rings is 1. The van der Waals surface area contributed by atoms with Crippen LogP contribution in [0.4, 0.5) is 22.2 Å². The van der Waals surface area contributed by atoms with Crippen molar-refractivity contribution < 1.29 is 35.1 Å². The second-order valence-electron chi connectivity index (χ2n) is 8.59. The SMILES string of the molecule is O=[N+]([O-])c1ccc(N/N=C/c2sc(N3CCOCC3)nc2-c2ccccc2)c(S(=O)(=O)Nc2ccc(Cl)cc2)c1.[Br-]. The van der Waals surface area contributed by atoms with E-state index in [1.807, 2.05) is 30.3 Å². The summed E-state index contributed by atoms with van der Waals surface area (Å²) < 4.78 is 34.4. The zero-order valence-corrected chi connectivity index (χ0v) is 25.2. The van der Waals surface area contributed by atoms with Crippen molar-refractivity contribution in [1.29, 1.82) is 0 Å². The van der Waals surface area contributed by atoms with E-state index in [-0.39, 0.29) is 38.9 Å². The van der Waals surface area contributed by atoms with Gasteiger partial charge in [-0.15, -0.1) is 0 Å². The molecule has 0 spiro atoms. The molecule has 1 aromatic heterocycles. The molecule has 2 N–H and O–H groups in total. The van der Waals surface area contributed by atoms with E-state index in [2.05, 4.69) is 20.1 Å². The van der Waals surface area contributed by atoms with E-state index in [0.717, 1.165) is 40.4 Å². The molecule has 0 radical (unpaired) electrons. The molecule has 1 aliphatic heterocycles. The minimum Gasteiger partial charge on any atom is -1.00 e. The van der Waals surface area contributed by atoms with E-state index in [0.29, 0.717) is 18.2 Å². The van der Waals surface area contributed by atoms with Crippen molar-refractivity contribution in [3.05, 3.63) is 92.8 Å². The summed E-state index contributed by atoms with van der Waals surface area (Å²) in [4.78, 5) is 18.2. The van der Waals surface area contributed by atoms with Crippen LogP contribution >= 0.6 is 22.9 Å². The molecule has 1 fully saturated rings. The Kier molecular flexibility index (Phi) is 9.94. The summed E-state index contributed by atoms with van der Waals surface area (Å²) in [6.45, 7) is 2.68. The van der Waals surface area contributed by atoms with Crippen LogP contribution in [0.2, 0.25) is 5.02 Å². The summed E-state index contributed by atoms with van der Waals surface area (Å²) in [6.07, 6.45) is 1.56. The van der Waals surface area contributed by atoms with Gasteiger partial charge in [0.15, 0.2) is 5.13 Å². The normalized spacial score (nSPS) is 13.5. The molecule has 3 aromatic carbocycles.